The summed E-state index contributed by atoms with van der Waals surface area (Å²) in [6.45, 7) is 6.04. The molecule has 144 valence electrons. The van der Waals surface area contributed by atoms with Crippen LogP contribution in [0.3, 0.4) is 0 Å². The molecule has 1 aromatic heterocycles. The van der Waals surface area contributed by atoms with E-state index in [9.17, 15) is 10.1 Å². The highest BCUT2D eigenvalue weighted by atomic mass is 16.5. The molecular weight excluding hydrogens is 360 g/mol. The van der Waals surface area contributed by atoms with Crippen molar-refractivity contribution < 1.29 is 14.3 Å². The Morgan fingerprint density at radius 3 is 2.75 bits per heavy atom. The Balaban J connectivity index is 2.37. The van der Waals surface area contributed by atoms with E-state index in [1.165, 1.54) is 7.11 Å². The van der Waals surface area contributed by atoms with Crippen LogP contribution in [0.2, 0.25) is 0 Å². The van der Waals surface area contributed by atoms with Crippen LogP contribution < -0.4 is 20.5 Å². The number of nitrogens with two attached hydrogens (primary N) is 1. The Kier molecular flexibility index (Phi) is 5.23. The molecule has 1 atom stereocenters. The number of hydrogen-bond acceptors (Lipinski definition) is 6. The van der Waals surface area contributed by atoms with Gasteiger partial charge in [-0.2, -0.15) is 5.26 Å². The number of ether oxygens (including phenoxy) is 2. The summed E-state index contributed by atoms with van der Waals surface area (Å²) in [5.41, 5.74) is 10.5. The average molecular weight is 382 g/mol. The number of nitrogens with zero attached hydrogens (tertiary/aromatic N) is 2. The van der Waals surface area contributed by atoms with Crippen LogP contribution in [0.15, 0.2) is 35.7 Å². The number of fused-ring (bicyclic) bond motifs is 1. The first kappa shape index (κ1) is 19.2. The van der Waals surface area contributed by atoms with Crippen LogP contribution >= 0.6 is 0 Å². The summed E-state index contributed by atoms with van der Waals surface area (Å²) in [6.07, 6.45) is 1.73. The van der Waals surface area contributed by atoms with Gasteiger partial charge in [0.05, 0.1) is 42.5 Å². The number of hydrogen-bond donors (Lipinski definition) is 2. The number of amides is 1. The van der Waals surface area contributed by atoms with Crippen LogP contribution in [0, 0.1) is 18.3 Å². The van der Waals surface area contributed by atoms with Crippen molar-refractivity contribution in [1.29, 1.82) is 5.26 Å². The highest BCUT2D eigenvalue weighted by molar-refractivity contribution is 5.98. The lowest BCUT2D eigenvalue weighted by molar-refractivity contribution is -0.114. The van der Waals surface area contributed by atoms with Crippen molar-refractivity contribution in [1.82, 2.24) is 4.98 Å². The van der Waals surface area contributed by atoms with Crippen LogP contribution in [0.1, 0.15) is 42.0 Å². The third-order valence-electron chi connectivity index (χ3n) is 4.78. The zero-order valence-corrected chi connectivity index (χ0v) is 16.3. The minimum Gasteiger partial charge on any atom is -0.496 e. The smallest absolute Gasteiger partial charge is 0.247 e. The second kappa shape index (κ2) is 7.61. The summed E-state index contributed by atoms with van der Waals surface area (Å²) >= 11 is 0. The molecule has 0 fully saturated rings. The number of benzene rings is 1. The van der Waals surface area contributed by atoms with Crippen LogP contribution in [0.5, 0.6) is 11.6 Å². The fourth-order valence-corrected chi connectivity index (χ4v) is 3.57. The zero-order chi connectivity index (χ0) is 20.4. The number of carbonyl (C=O) groups is 1. The number of carbonyl (C=O) groups excluding carboxylic acids is 1. The first-order valence-corrected chi connectivity index (χ1v) is 8.90. The molecule has 0 radical (unpaired) electrons. The summed E-state index contributed by atoms with van der Waals surface area (Å²) in [5, 5.41) is 12.5. The van der Waals surface area contributed by atoms with E-state index < -0.39 is 11.8 Å². The first-order chi connectivity index (χ1) is 13.4. The molecule has 2 heterocycles. The van der Waals surface area contributed by atoms with E-state index in [-0.39, 0.29) is 0 Å². The Morgan fingerprint density at radius 1 is 1.39 bits per heavy atom. The van der Waals surface area contributed by atoms with E-state index in [2.05, 4.69) is 16.4 Å². The van der Waals surface area contributed by atoms with E-state index >= 15 is 0 Å². The maximum atomic E-state index is 12.4. The minimum absolute atomic E-state index is 0.406. The molecule has 0 aliphatic carbocycles. The summed E-state index contributed by atoms with van der Waals surface area (Å²) in [5.74, 6) is -0.160. The van der Waals surface area contributed by atoms with Gasteiger partial charge in [0.2, 0.25) is 11.8 Å². The molecule has 0 bridgehead atoms. The number of nitrogens with one attached hydrogen (secondary N) is 1. The molecule has 1 aliphatic heterocycles. The summed E-state index contributed by atoms with van der Waals surface area (Å²) < 4.78 is 11.3. The zero-order valence-electron chi connectivity index (χ0n) is 16.3. The Morgan fingerprint density at radius 2 is 2.14 bits per heavy atom. The third-order valence-corrected chi connectivity index (χ3v) is 4.78. The number of aromatic nitrogens is 1. The van der Waals surface area contributed by atoms with Crippen molar-refractivity contribution >= 4 is 11.6 Å². The van der Waals surface area contributed by atoms with Gasteiger partial charge in [-0.3, -0.25) is 4.79 Å². The molecule has 3 N–H and O–H groups in total. The van der Waals surface area contributed by atoms with Crippen molar-refractivity contribution in [2.75, 3.05) is 19.0 Å². The highest BCUT2D eigenvalue weighted by Crippen LogP contribution is 2.48. The van der Waals surface area contributed by atoms with Gasteiger partial charge in [-0.05, 0) is 38.5 Å². The Bertz CT molecular complexity index is 1020. The fourth-order valence-electron chi connectivity index (χ4n) is 3.57. The normalized spacial score (nSPS) is 15.3. The average Bonchev–Trinajstić information content (AvgIpc) is 2.68. The Hall–Kier alpha value is -3.53. The number of allylic oxidation sites excluding steroid dienone is 1. The third kappa shape index (κ3) is 3.14. The van der Waals surface area contributed by atoms with Gasteiger partial charge >= 0.3 is 0 Å². The number of aryl methyl sites for hydroxylation is 1. The van der Waals surface area contributed by atoms with Gasteiger partial charge < -0.3 is 20.5 Å². The molecule has 1 aromatic carbocycles. The largest absolute Gasteiger partial charge is 0.496 e. The van der Waals surface area contributed by atoms with Crippen molar-refractivity contribution in [3.8, 4) is 17.7 Å². The van der Waals surface area contributed by atoms with E-state index in [4.69, 9.17) is 15.2 Å². The van der Waals surface area contributed by atoms with Crippen molar-refractivity contribution in [3.05, 3.63) is 57.9 Å². The molecule has 0 spiro atoms. The highest BCUT2D eigenvalue weighted by Gasteiger charge is 2.36. The molecular formula is C21H22N4O3. The molecule has 28 heavy (non-hydrogen) atoms. The van der Waals surface area contributed by atoms with Crippen molar-refractivity contribution in [2.24, 2.45) is 5.73 Å². The predicted molar refractivity (Wildman–Crippen MR) is 105 cm³/mol. The van der Waals surface area contributed by atoms with Gasteiger partial charge in [0.15, 0.2) is 0 Å². The van der Waals surface area contributed by atoms with Crippen molar-refractivity contribution in [2.45, 2.75) is 26.7 Å². The van der Waals surface area contributed by atoms with Gasteiger partial charge in [0, 0.05) is 23.0 Å². The lowest BCUT2D eigenvalue weighted by atomic mass is 9.91. The molecule has 1 amide bonds. The lowest BCUT2D eigenvalue weighted by Crippen LogP contribution is -2.28. The van der Waals surface area contributed by atoms with Gasteiger partial charge in [-0.1, -0.05) is 6.07 Å². The molecule has 0 saturated heterocycles. The molecule has 7 nitrogen and oxygen atoms in total. The number of anilines is 1. The molecule has 3 rings (SSSR count). The quantitative estimate of drug-likeness (QED) is 0.769. The number of pyridine rings is 1. The van der Waals surface area contributed by atoms with Gasteiger partial charge in [-0.15, -0.1) is 0 Å². The van der Waals surface area contributed by atoms with Gasteiger partial charge in [-0.25, -0.2) is 4.98 Å². The SMILES string of the molecule is CCOc1ncc(C)c2c1C(c1ccc(C#N)cc1OC)[13C]([13C](N)=O)=[13C]([13CH3])N2. The maximum Gasteiger partial charge on any atom is 0.247 e. The standard InChI is InChI=1S/C21H22N4O3/c1-5-28-21-18-17(14-7-6-13(9-22)8-15(14)27-4)16(20(23)26)12(3)25-19(18)11(2)10-24-21/h6-8,10,17,25H,5H2,1-4H3,(H2,23,26)/i3+1,12+1,16+1,20+1. The summed E-state index contributed by atoms with van der Waals surface area (Å²) in [4.78, 5) is 16.8. The summed E-state index contributed by atoms with van der Waals surface area (Å²) in [7, 11) is 1.53. The topological polar surface area (TPSA) is 110 Å². The predicted octanol–water partition coefficient (Wildman–Crippen LogP) is 2.99. The van der Waals surface area contributed by atoms with Crippen LogP contribution in [-0.4, -0.2) is 24.6 Å². The van der Waals surface area contributed by atoms with Crippen LogP contribution in [0.4, 0.5) is 5.69 Å². The number of rotatable bonds is 5. The van der Waals surface area contributed by atoms with E-state index in [0.29, 0.717) is 40.6 Å². The molecule has 2 aromatic rings. The number of methoxy groups -OCH3 is 1. The van der Waals surface area contributed by atoms with E-state index in [1.807, 2.05) is 20.8 Å². The minimum atomic E-state index is -0.545. The van der Waals surface area contributed by atoms with E-state index in [0.717, 1.165) is 16.8 Å². The second-order valence-electron chi connectivity index (χ2n) is 6.50. The number of nitriles is 1. The second-order valence-corrected chi connectivity index (χ2v) is 6.50. The molecule has 1 unspecified atom stereocenters. The number of primary amides is 1. The van der Waals surface area contributed by atoms with Gasteiger partial charge in [0.25, 0.3) is 0 Å². The van der Waals surface area contributed by atoms with Crippen LogP contribution in [-0.2, 0) is 4.79 Å². The molecule has 1 aliphatic rings. The fraction of sp³-hybridized carbons (Fsp3) is 0.286. The summed E-state index contributed by atoms with van der Waals surface area (Å²) in [6, 6.07) is 7.22. The van der Waals surface area contributed by atoms with E-state index in [1.54, 1.807) is 24.4 Å². The van der Waals surface area contributed by atoms with Gasteiger partial charge in [0.1, 0.15) is 5.75 Å². The van der Waals surface area contributed by atoms with Crippen LogP contribution in [0.25, 0.3) is 0 Å². The lowest BCUT2D eigenvalue weighted by Gasteiger charge is -2.32. The monoisotopic (exact) mass is 382 g/mol. The first-order valence-electron chi connectivity index (χ1n) is 8.90. The van der Waals surface area contributed by atoms with Crippen molar-refractivity contribution in [3.63, 3.8) is 0 Å². The maximum absolute atomic E-state index is 12.4. The Labute approximate surface area is 163 Å². The molecule has 0 saturated carbocycles. The molecule has 7 heteroatoms.